The molecule has 0 aliphatic carbocycles. The highest BCUT2D eigenvalue weighted by Gasteiger charge is 2.43. The highest BCUT2D eigenvalue weighted by molar-refractivity contribution is 5.82. The van der Waals surface area contributed by atoms with Crippen molar-refractivity contribution < 1.29 is 22.9 Å². The zero-order chi connectivity index (χ0) is 15.6. The average molecular weight is 304 g/mol. The van der Waals surface area contributed by atoms with Gasteiger partial charge in [0.1, 0.15) is 11.9 Å². The van der Waals surface area contributed by atoms with Gasteiger partial charge in [-0.3, -0.25) is 19.9 Å². The van der Waals surface area contributed by atoms with E-state index in [2.05, 4.69) is 4.98 Å². The Morgan fingerprint density at radius 2 is 1.90 bits per heavy atom. The summed E-state index contributed by atoms with van der Waals surface area (Å²) in [6.45, 7) is -0.102. The molecular weight excluding hydrogens is 293 g/mol. The molecule has 1 aliphatic heterocycles. The van der Waals surface area contributed by atoms with Crippen LogP contribution >= 0.6 is 0 Å². The second-order valence-electron chi connectivity index (χ2n) is 4.40. The van der Waals surface area contributed by atoms with E-state index in [0.29, 0.717) is 4.90 Å². The lowest BCUT2D eigenvalue weighted by Gasteiger charge is -2.35. The molecule has 1 amide bonds. The number of carbonyl (C=O) groups excluding carboxylic acids is 1. The highest BCUT2D eigenvalue weighted by Crippen LogP contribution is 2.28. The number of hydrogen-bond acceptors (Lipinski definition) is 5. The number of nitrogens with zero attached hydrogens (tertiary/aromatic N) is 4. The monoisotopic (exact) mass is 304 g/mol. The molecule has 114 valence electrons. The number of carbonyl (C=O) groups is 1. The van der Waals surface area contributed by atoms with Crippen LogP contribution < -0.4 is 4.90 Å². The van der Waals surface area contributed by atoms with Crippen LogP contribution in [0.5, 0.6) is 0 Å². The first-order valence-electron chi connectivity index (χ1n) is 6.00. The van der Waals surface area contributed by atoms with Gasteiger partial charge in [-0.2, -0.15) is 13.2 Å². The first-order chi connectivity index (χ1) is 9.80. The van der Waals surface area contributed by atoms with E-state index in [1.807, 2.05) is 0 Å². The molecular formula is C11H11F3N4O3. The summed E-state index contributed by atoms with van der Waals surface area (Å²) in [5, 5.41) is 10.9. The number of pyridine rings is 1. The maximum absolute atomic E-state index is 12.3. The van der Waals surface area contributed by atoms with Gasteiger partial charge in [0.25, 0.3) is 0 Å². The lowest BCUT2D eigenvalue weighted by Crippen LogP contribution is -2.52. The summed E-state index contributed by atoms with van der Waals surface area (Å²) in [6.07, 6.45) is -2.44. The number of amides is 1. The molecule has 2 rings (SSSR count). The van der Waals surface area contributed by atoms with Gasteiger partial charge in [0, 0.05) is 32.4 Å². The Labute approximate surface area is 117 Å². The molecule has 0 N–H and O–H groups in total. The van der Waals surface area contributed by atoms with Gasteiger partial charge in [0.15, 0.2) is 0 Å². The second-order valence-corrected chi connectivity index (χ2v) is 4.40. The topological polar surface area (TPSA) is 79.6 Å². The molecule has 0 radical (unpaired) electrons. The van der Waals surface area contributed by atoms with Crippen LogP contribution in [0, 0.1) is 10.1 Å². The normalized spacial score (nSPS) is 16.0. The van der Waals surface area contributed by atoms with Crippen LogP contribution in [0.15, 0.2) is 18.5 Å². The van der Waals surface area contributed by atoms with Crippen LogP contribution in [0.25, 0.3) is 0 Å². The van der Waals surface area contributed by atoms with Crippen molar-refractivity contribution in [1.82, 2.24) is 9.88 Å². The molecule has 1 aromatic heterocycles. The van der Waals surface area contributed by atoms with Crippen molar-refractivity contribution >= 4 is 17.3 Å². The number of anilines is 1. The van der Waals surface area contributed by atoms with E-state index < -0.39 is 17.0 Å². The lowest BCUT2D eigenvalue weighted by atomic mass is 10.2. The van der Waals surface area contributed by atoms with Crippen LogP contribution in [0.2, 0.25) is 0 Å². The SMILES string of the molecule is O=C(N1CCN(c2ccncc2[N+](=O)[O-])CC1)C(F)(F)F. The first-order valence-corrected chi connectivity index (χ1v) is 6.00. The summed E-state index contributed by atoms with van der Waals surface area (Å²) in [7, 11) is 0. The Morgan fingerprint density at radius 1 is 1.29 bits per heavy atom. The quantitative estimate of drug-likeness (QED) is 0.606. The molecule has 0 bridgehead atoms. The van der Waals surface area contributed by atoms with Gasteiger partial charge >= 0.3 is 17.8 Å². The number of hydrogen-bond donors (Lipinski definition) is 0. The lowest BCUT2D eigenvalue weighted by molar-refractivity contribution is -0.384. The minimum Gasteiger partial charge on any atom is -0.362 e. The molecule has 0 saturated carbocycles. The predicted octanol–water partition coefficient (Wildman–Crippen LogP) is 1.20. The largest absolute Gasteiger partial charge is 0.471 e. The van der Waals surface area contributed by atoms with Crippen LogP contribution in [-0.2, 0) is 4.79 Å². The van der Waals surface area contributed by atoms with E-state index in [0.717, 1.165) is 6.20 Å². The number of halogens is 3. The maximum Gasteiger partial charge on any atom is 0.471 e. The molecule has 2 heterocycles. The van der Waals surface area contributed by atoms with Crippen molar-refractivity contribution in [3.8, 4) is 0 Å². The van der Waals surface area contributed by atoms with Crippen molar-refractivity contribution in [1.29, 1.82) is 0 Å². The Kier molecular flexibility index (Phi) is 3.96. The third-order valence-corrected chi connectivity index (χ3v) is 3.12. The number of alkyl halides is 3. The van der Waals surface area contributed by atoms with E-state index in [9.17, 15) is 28.1 Å². The molecule has 0 atom stereocenters. The number of rotatable bonds is 2. The van der Waals surface area contributed by atoms with Gasteiger partial charge in [-0.25, -0.2) is 0 Å². The van der Waals surface area contributed by atoms with E-state index in [4.69, 9.17) is 0 Å². The minimum atomic E-state index is -4.90. The van der Waals surface area contributed by atoms with E-state index in [1.165, 1.54) is 12.3 Å². The Bertz CT molecular complexity index is 556. The van der Waals surface area contributed by atoms with E-state index in [1.54, 1.807) is 4.90 Å². The fourth-order valence-corrected chi connectivity index (χ4v) is 2.12. The first kappa shape index (κ1) is 15.0. The summed E-state index contributed by atoms with van der Waals surface area (Å²) in [5.41, 5.74) is 0.0715. The number of piperazine rings is 1. The summed E-state index contributed by atoms with van der Waals surface area (Å²) < 4.78 is 37.0. The average Bonchev–Trinajstić information content (AvgIpc) is 2.45. The molecule has 0 unspecified atom stereocenters. The third kappa shape index (κ3) is 3.20. The fraction of sp³-hybridized carbons (Fsp3) is 0.455. The summed E-state index contributed by atoms with van der Waals surface area (Å²) in [5.74, 6) is -1.88. The summed E-state index contributed by atoms with van der Waals surface area (Å²) in [6, 6.07) is 1.43. The van der Waals surface area contributed by atoms with Crippen molar-refractivity contribution in [2.45, 2.75) is 6.18 Å². The summed E-state index contributed by atoms with van der Waals surface area (Å²) in [4.78, 5) is 27.3. The molecule has 0 aromatic carbocycles. The van der Waals surface area contributed by atoms with E-state index >= 15 is 0 Å². The third-order valence-electron chi connectivity index (χ3n) is 3.12. The highest BCUT2D eigenvalue weighted by atomic mass is 19.4. The zero-order valence-electron chi connectivity index (χ0n) is 10.7. The molecule has 1 aromatic rings. The molecule has 21 heavy (non-hydrogen) atoms. The van der Waals surface area contributed by atoms with E-state index in [-0.39, 0.29) is 37.6 Å². The molecule has 1 aliphatic rings. The molecule has 1 saturated heterocycles. The van der Waals surface area contributed by atoms with Crippen molar-refractivity contribution in [2.24, 2.45) is 0 Å². The Balaban J connectivity index is 2.09. The summed E-state index contributed by atoms with van der Waals surface area (Å²) >= 11 is 0. The predicted molar refractivity (Wildman–Crippen MR) is 65.7 cm³/mol. The van der Waals surface area contributed by atoms with Gasteiger partial charge < -0.3 is 9.80 Å². The van der Waals surface area contributed by atoms with Crippen LogP contribution in [-0.4, -0.2) is 53.1 Å². The van der Waals surface area contributed by atoms with Crippen LogP contribution in [0.1, 0.15) is 0 Å². The van der Waals surface area contributed by atoms with Gasteiger partial charge in [0.2, 0.25) is 0 Å². The smallest absolute Gasteiger partial charge is 0.362 e. The molecule has 1 fully saturated rings. The Morgan fingerprint density at radius 3 is 2.43 bits per heavy atom. The fourth-order valence-electron chi connectivity index (χ4n) is 2.12. The molecule has 7 nitrogen and oxygen atoms in total. The standard InChI is InChI=1S/C11H11F3N4O3/c12-11(13,14)10(19)17-5-3-16(4-6-17)8-1-2-15-7-9(8)18(20)21/h1-2,7H,3-6H2. The number of nitro groups is 1. The van der Waals surface area contributed by atoms with Gasteiger partial charge in [-0.15, -0.1) is 0 Å². The minimum absolute atomic E-state index is 0.0900. The van der Waals surface area contributed by atoms with Gasteiger partial charge in [-0.1, -0.05) is 0 Å². The van der Waals surface area contributed by atoms with Gasteiger partial charge in [0.05, 0.1) is 4.92 Å². The molecule has 10 heteroatoms. The Hall–Kier alpha value is -2.39. The van der Waals surface area contributed by atoms with Gasteiger partial charge in [-0.05, 0) is 6.07 Å². The maximum atomic E-state index is 12.3. The van der Waals surface area contributed by atoms with Crippen molar-refractivity contribution in [2.75, 3.05) is 31.1 Å². The van der Waals surface area contributed by atoms with Crippen molar-refractivity contribution in [3.63, 3.8) is 0 Å². The number of aromatic nitrogens is 1. The second kappa shape index (κ2) is 5.54. The molecule has 0 spiro atoms. The van der Waals surface area contributed by atoms with Crippen LogP contribution in [0.3, 0.4) is 0 Å². The zero-order valence-corrected chi connectivity index (χ0v) is 10.7. The van der Waals surface area contributed by atoms with Crippen molar-refractivity contribution in [3.05, 3.63) is 28.6 Å². The van der Waals surface area contributed by atoms with Crippen LogP contribution in [0.4, 0.5) is 24.5 Å².